The van der Waals surface area contributed by atoms with Gasteiger partial charge in [-0.3, -0.25) is 0 Å². The number of aliphatic hydroxyl groups excluding tert-OH is 1. The fraction of sp³-hybridized carbons (Fsp3) is 0.750. The fourth-order valence-electron chi connectivity index (χ4n) is 6.95. The van der Waals surface area contributed by atoms with Gasteiger partial charge in [-0.1, -0.05) is 60.1 Å². The van der Waals surface area contributed by atoms with E-state index in [0.717, 1.165) is 36.8 Å². The van der Waals surface area contributed by atoms with E-state index < -0.39 is 14.4 Å². The Hall–Kier alpha value is -1.38. The van der Waals surface area contributed by atoms with Crippen molar-refractivity contribution in [3.8, 4) is 11.5 Å². The highest BCUT2D eigenvalue weighted by Crippen LogP contribution is 2.64. The molecule has 4 atom stereocenters. The van der Waals surface area contributed by atoms with Gasteiger partial charge < -0.3 is 28.5 Å². The minimum Gasteiger partial charge on any atom is -0.467 e. The predicted octanol–water partition coefficient (Wildman–Crippen LogP) is 8.01. The maximum atomic E-state index is 12.3. The Balaban J connectivity index is 2.09. The summed E-state index contributed by atoms with van der Waals surface area (Å²) in [5, 5.41) is 12.4. The first-order chi connectivity index (χ1) is 18.1. The highest BCUT2D eigenvalue weighted by atomic mass is 28.4. The second-order valence-electron chi connectivity index (χ2n) is 14.2. The number of fused-ring (bicyclic) bond motifs is 1. The normalized spacial score (nSPS) is 26.2. The van der Waals surface area contributed by atoms with Crippen molar-refractivity contribution in [2.75, 3.05) is 27.8 Å². The summed E-state index contributed by atoms with van der Waals surface area (Å²) in [6.45, 7) is 23.4. The van der Waals surface area contributed by atoms with E-state index in [9.17, 15) is 5.11 Å². The molecule has 2 fully saturated rings. The largest absolute Gasteiger partial charge is 0.467 e. The van der Waals surface area contributed by atoms with Crippen LogP contribution in [0.2, 0.25) is 18.1 Å². The van der Waals surface area contributed by atoms with Gasteiger partial charge in [0.2, 0.25) is 0 Å². The highest BCUT2D eigenvalue weighted by Gasteiger charge is 2.55. The van der Waals surface area contributed by atoms with Crippen molar-refractivity contribution in [3.63, 3.8) is 0 Å². The van der Waals surface area contributed by atoms with Crippen LogP contribution in [0.25, 0.3) is 0 Å². The molecule has 1 N–H and O–H groups in total. The van der Waals surface area contributed by atoms with Crippen LogP contribution in [0, 0.1) is 22.7 Å². The van der Waals surface area contributed by atoms with Crippen molar-refractivity contribution in [1.82, 2.24) is 0 Å². The van der Waals surface area contributed by atoms with Crippen LogP contribution in [0.3, 0.4) is 0 Å². The lowest BCUT2D eigenvalue weighted by molar-refractivity contribution is -0.0905. The molecule has 0 heterocycles. The second kappa shape index (κ2) is 12.2. The van der Waals surface area contributed by atoms with E-state index in [4.69, 9.17) is 23.4 Å². The molecule has 2 aliphatic carbocycles. The molecule has 222 valence electrons. The Morgan fingerprint density at radius 1 is 1.03 bits per heavy atom. The SMILES string of the molecule is C=C1CC[C@H]2C(C)(C)CCC[C@]2(C)[C@H]1C(O)c1c(OCOC)cc(CO[Si](C)(C)C(C)(C)C)cc1OCOC. The smallest absolute Gasteiger partial charge is 0.192 e. The standard InChI is InChI=1S/C32H54O6Si/c1-22-13-14-26-31(5,6)15-12-16-32(26,7)28(22)29(33)27-24(36-20-34-8)17-23(18-25(27)37-21-35-9)19-38-39(10,11)30(2,3)4/h17-18,26,28-29,33H,1,12-16,19-21H2,2-11H3/t26-,28+,29?,32-/m0/s1. The van der Waals surface area contributed by atoms with Crippen molar-refractivity contribution in [3.05, 3.63) is 35.4 Å². The zero-order chi connectivity index (χ0) is 29.2. The van der Waals surface area contributed by atoms with Crippen LogP contribution in [0.15, 0.2) is 24.3 Å². The number of methoxy groups -OCH3 is 2. The zero-order valence-corrected chi connectivity index (χ0v) is 27.2. The van der Waals surface area contributed by atoms with Crippen LogP contribution in [0.5, 0.6) is 11.5 Å². The lowest BCUT2D eigenvalue weighted by Gasteiger charge is -2.58. The molecular formula is C32H54O6Si. The molecule has 0 aliphatic heterocycles. The first-order valence-corrected chi connectivity index (χ1v) is 17.4. The average Bonchev–Trinajstić information content (AvgIpc) is 2.83. The Labute approximate surface area is 238 Å². The molecule has 1 aromatic rings. The Morgan fingerprint density at radius 2 is 1.59 bits per heavy atom. The van der Waals surface area contributed by atoms with Crippen molar-refractivity contribution < 1.29 is 28.5 Å². The van der Waals surface area contributed by atoms with Gasteiger partial charge in [-0.05, 0) is 78.3 Å². The van der Waals surface area contributed by atoms with Crippen LogP contribution in [-0.4, -0.2) is 41.2 Å². The Kier molecular flexibility index (Phi) is 10.1. The van der Waals surface area contributed by atoms with Crippen LogP contribution in [0.1, 0.15) is 90.9 Å². The summed E-state index contributed by atoms with van der Waals surface area (Å²) in [5.74, 6) is 1.51. The minimum absolute atomic E-state index is 0.0640. The summed E-state index contributed by atoms with van der Waals surface area (Å²) >= 11 is 0. The summed E-state index contributed by atoms with van der Waals surface area (Å²) in [6, 6.07) is 3.95. The van der Waals surface area contributed by atoms with Crippen molar-refractivity contribution in [2.45, 2.75) is 104 Å². The van der Waals surface area contributed by atoms with Gasteiger partial charge >= 0.3 is 0 Å². The Bertz CT molecular complexity index is 968. The molecule has 2 aliphatic rings. The molecule has 39 heavy (non-hydrogen) atoms. The third-order valence-electron chi connectivity index (χ3n) is 10.0. The van der Waals surface area contributed by atoms with E-state index in [1.165, 1.54) is 6.42 Å². The molecule has 0 radical (unpaired) electrons. The van der Waals surface area contributed by atoms with E-state index >= 15 is 0 Å². The number of benzene rings is 1. The van der Waals surface area contributed by atoms with Gasteiger partial charge in [0, 0.05) is 20.1 Å². The van der Waals surface area contributed by atoms with Gasteiger partial charge in [0.1, 0.15) is 11.5 Å². The number of aliphatic hydroxyl groups is 1. The average molecular weight is 563 g/mol. The molecular weight excluding hydrogens is 508 g/mol. The van der Waals surface area contributed by atoms with Gasteiger partial charge in [-0.2, -0.15) is 0 Å². The quantitative estimate of drug-likeness (QED) is 0.167. The number of hydrogen-bond acceptors (Lipinski definition) is 6. The van der Waals surface area contributed by atoms with Crippen LogP contribution < -0.4 is 9.47 Å². The molecule has 1 unspecified atom stereocenters. The zero-order valence-electron chi connectivity index (χ0n) is 26.2. The van der Waals surface area contributed by atoms with Crippen molar-refractivity contribution in [2.24, 2.45) is 22.7 Å². The van der Waals surface area contributed by atoms with Gasteiger partial charge in [-0.25, -0.2) is 0 Å². The number of hydrogen-bond donors (Lipinski definition) is 1. The molecule has 0 spiro atoms. The third-order valence-corrected chi connectivity index (χ3v) is 14.5. The topological polar surface area (TPSA) is 66.4 Å². The molecule has 1 aromatic carbocycles. The van der Waals surface area contributed by atoms with E-state index in [0.29, 0.717) is 29.6 Å². The van der Waals surface area contributed by atoms with Gasteiger partial charge in [-0.15, -0.1) is 0 Å². The summed E-state index contributed by atoms with van der Waals surface area (Å²) in [5.41, 5.74) is 2.83. The molecule has 0 bridgehead atoms. The second-order valence-corrected chi connectivity index (χ2v) is 19.0. The lowest BCUT2D eigenvalue weighted by atomic mass is 9.46. The third kappa shape index (κ3) is 6.75. The van der Waals surface area contributed by atoms with E-state index in [2.05, 4.69) is 61.2 Å². The first kappa shape index (κ1) is 32.1. The molecule has 6 nitrogen and oxygen atoms in total. The van der Waals surface area contributed by atoms with E-state index in [1.807, 2.05) is 12.1 Å². The maximum Gasteiger partial charge on any atom is 0.192 e. The van der Waals surface area contributed by atoms with E-state index in [-0.39, 0.29) is 35.4 Å². The molecule has 3 rings (SSSR count). The predicted molar refractivity (Wildman–Crippen MR) is 159 cm³/mol. The summed E-state index contributed by atoms with van der Waals surface area (Å²) in [7, 11) is 1.22. The summed E-state index contributed by atoms with van der Waals surface area (Å²) in [4.78, 5) is 0. The Morgan fingerprint density at radius 3 is 2.10 bits per heavy atom. The van der Waals surface area contributed by atoms with Crippen molar-refractivity contribution in [1.29, 1.82) is 0 Å². The van der Waals surface area contributed by atoms with Gasteiger partial charge in [0.05, 0.1) is 18.3 Å². The van der Waals surface area contributed by atoms with Gasteiger partial charge in [0.25, 0.3) is 0 Å². The minimum atomic E-state index is -1.98. The van der Waals surface area contributed by atoms with Gasteiger partial charge in [0.15, 0.2) is 21.9 Å². The highest BCUT2D eigenvalue weighted by molar-refractivity contribution is 6.74. The molecule has 0 amide bonds. The summed E-state index contributed by atoms with van der Waals surface area (Å²) in [6.07, 6.45) is 4.65. The van der Waals surface area contributed by atoms with Crippen molar-refractivity contribution >= 4 is 8.32 Å². The maximum absolute atomic E-state index is 12.3. The fourth-order valence-corrected chi connectivity index (χ4v) is 7.92. The summed E-state index contributed by atoms with van der Waals surface area (Å²) < 4.78 is 29.4. The molecule has 0 aromatic heterocycles. The molecule has 0 saturated heterocycles. The lowest BCUT2D eigenvalue weighted by Crippen LogP contribution is -2.51. The van der Waals surface area contributed by atoms with Crippen LogP contribution in [-0.2, 0) is 20.5 Å². The number of ether oxygens (including phenoxy) is 4. The molecule has 7 heteroatoms. The monoisotopic (exact) mass is 562 g/mol. The van der Waals surface area contributed by atoms with E-state index in [1.54, 1.807) is 14.2 Å². The molecule has 2 saturated carbocycles. The van der Waals surface area contributed by atoms with Crippen LogP contribution >= 0.6 is 0 Å². The first-order valence-electron chi connectivity index (χ1n) is 14.5. The van der Waals surface area contributed by atoms with Crippen LogP contribution in [0.4, 0.5) is 0 Å². The number of rotatable bonds is 11.